The van der Waals surface area contributed by atoms with Gasteiger partial charge in [0.25, 0.3) is 0 Å². The topological polar surface area (TPSA) is 43.3 Å². The van der Waals surface area contributed by atoms with Gasteiger partial charge in [0.15, 0.2) is 0 Å². The highest BCUT2D eigenvalue weighted by Crippen LogP contribution is 2.19. The highest BCUT2D eigenvalue weighted by Gasteiger charge is 2.07. The predicted octanol–water partition coefficient (Wildman–Crippen LogP) is 2.32. The van der Waals surface area contributed by atoms with Crippen LogP contribution in [0.1, 0.15) is 24.2 Å². The van der Waals surface area contributed by atoms with Crippen molar-refractivity contribution in [3.8, 4) is 0 Å². The van der Waals surface area contributed by atoms with Gasteiger partial charge < -0.3 is 5.73 Å². The van der Waals surface area contributed by atoms with E-state index in [4.69, 9.17) is 17.3 Å². The molecule has 2 rings (SSSR count). The lowest BCUT2D eigenvalue weighted by Crippen LogP contribution is -2.05. The molecule has 74 valence electrons. The van der Waals surface area contributed by atoms with E-state index in [1.54, 1.807) is 0 Å². The zero-order valence-corrected chi connectivity index (χ0v) is 8.92. The molecule has 2 aromatic rings. The minimum absolute atomic E-state index is 0.0239. The average molecular weight is 210 g/mol. The summed E-state index contributed by atoms with van der Waals surface area (Å²) in [7, 11) is 0. The molecule has 2 heterocycles. The first-order valence-electron chi connectivity index (χ1n) is 4.49. The number of nitrogens with two attached hydrogens (primary N) is 1. The minimum atomic E-state index is 0.0239. The quantitative estimate of drug-likeness (QED) is 0.784. The third-order valence-electron chi connectivity index (χ3n) is 2.28. The lowest BCUT2D eigenvalue weighted by atomic mass is 10.1. The van der Waals surface area contributed by atoms with Crippen molar-refractivity contribution in [1.29, 1.82) is 0 Å². The number of rotatable bonds is 1. The largest absolute Gasteiger partial charge is 0.324 e. The summed E-state index contributed by atoms with van der Waals surface area (Å²) in [5.41, 5.74) is 8.54. The molecular formula is C10H12ClN3. The minimum Gasteiger partial charge on any atom is -0.324 e. The van der Waals surface area contributed by atoms with E-state index in [0.717, 1.165) is 16.9 Å². The summed E-state index contributed by atoms with van der Waals surface area (Å²) in [6, 6.07) is 3.95. The fraction of sp³-hybridized carbons (Fsp3) is 0.300. The first-order chi connectivity index (χ1) is 6.59. The van der Waals surface area contributed by atoms with Crippen LogP contribution in [0.2, 0.25) is 5.15 Å². The van der Waals surface area contributed by atoms with Gasteiger partial charge in [-0.1, -0.05) is 11.6 Å². The number of fused-ring (bicyclic) bond motifs is 1. The molecule has 0 spiro atoms. The Balaban J connectivity index is 2.67. The van der Waals surface area contributed by atoms with E-state index >= 15 is 0 Å². The molecular weight excluding hydrogens is 198 g/mol. The monoisotopic (exact) mass is 209 g/mol. The van der Waals surface area contributed by atoms with Gasteiger partial charge in [-0.15, -0.1) is 0 Å². The van der Waals surface area contributed by atoms with Crippen molar-refractivity contribution in [2.45, 2.75) is 19.9 Å². The molecule has 0 saturated heterocycles. The summed E-state index contributed by atoms with van der Waals surface area (Å²) in [6.45, 7) is 3.84. The summed E-state index contributed by atoms with van der Waals surface area (Å²) in [6.07, 6.45) is 1.90. The molecule has 14 heavy (non-hydrogen) atoms. The van der Waals surface area contributed by atoms with Crippen molar-refractivity contribution in [2.75, 3.05) is 0 Å². The van der Waals surface area contributed by atoms with Crippen LogP contribution in [0, 0.1) is 6.92 Å². The van der Waals surface area contributed by atoms with E-state index in [2.05, 4.69) is 4.98 Å². The van der Waals surface area contributed by atoms with Crippen molar-refractivity contribution >= 4 is 17.2 Å². The zero-order chi connectivity index (χ0) is 10.3. The predicted molar refractivity (Wildman–Crippen MR) is 57.5 cm³/mol. The molecule has 0 radical (unpaired) electrons. The molecule has 2 aromatic heterocycles. The molecule has 1 unspecified atom stereocenters. The molecule has 0 aliphatic carbocycles. The van der Waals surface area contributed by atoms with Crippen LogP contribution in [0.15, 0.2) is 18.3 Å². The van der Waals surface area contributed by atoms with Crippen LogP contribution >= 0.6 is 11.6 Å². The number of pyridine rings is 1. The lowest BCUT2D eigenvalue weighted by molar-refractivity contribution is 0.815. The molecule has 0 amide bonds. The summed E-state index contributed by atoms with van der Waals surface area (Å²) in [5, 5.41) is 0.663. The summed E-state index contributed by atoms with van der Waals surface area (Å²) < 4.78 is 1.85. The Morgan fingerprint density at radius 2 is 2.29 bits per heavy atom. The normalized spacial score (nSPS) is 13.4. The summed E-state index contributed by atoms with van der Waals surface area (Å²) >= 11 is 6.04. The molecule has 4 heteroatoms. The van der Waals surface area contributed by atoms with Gasteiger partial charge >= 0.3 is 0 Å². The van der Waals surface area contributed by atoms with Crippen molar-refractivity contribution < 1.29 is 0 Å². The van der Waals surface area contributed by atoms with E-state index < -0.39 is 0 Å². The first-order valence-corrected chi connectivity index (χ1v) is 4.87. The molecule has 0 bridgehead atoms. The Morgan fingerprint density at radius 1 is 1.57 bits per heavy atom. The molecule has 0 aliphatic rings. The van der Waals surface area contributed by atoms with E-state index in [0.29, 0.717) is 5.15 Å². The Hall–Kier alpha value is -1.06. The lowest BCUT2D eigenvalue weighted by Gasteiger charge is -2.05. The van der Waals surface area contributed by atoms with Gasteiger partial charge in [0.1, 0.15) is 10.8 Å². The second-order valence-corrected chi connectivity index (χ2v) is 3.82. The Bertz CT molecular complexity index is 473. The smallest absolute Gasteiger partial charge is 0.138 e. The number of aryl methyl sites for hydroxylation is 1. The first kappa shape index (κ1) is 9.49. The maximum atomic E-state index is 6.04. The van der Waals surface area contributed by atoms with E-state index in [1.165, 1.54) is 0 Å². The van der Waals surface area contributed by atoms with Gasteiger partial charge in [0, 0.05) is 12.2 Å². The maximum absolute atomic E-state index is 6.04. The molecule has 0 aromatic carbocycles. The van der Waals surface area contributed by atoms with E-state index in [-0.39, 0.29) is 6.04 Å². The number of hydrogen-bond donors (Lipinski definition) is 1. The van der Waals surface area contributed by atoms with Crippen molar-refractivity contribution in [3.63, 3.8) is 0 Å². The number of aromatic nitrogens is 2. The summed E-state index contributed by atoms with van der Waals surface area (Å²) in [4.78, 5) is 4.33. The molecule has 1 atom stereocenters. The third-order valence-corrected chi connectivity index (χ3v) is 2.73. The Labute approximate surface area is 87.5 Å². The SMILES string of the molecule is Cc1nc2cc(C(C)N)ccn2c1Cl. The van der Waals surface area contributed by atoms with Crippen LogP contribution in [0.5, 0.6) is 0 Å². The fourth-order valence-electron chi connectivity index (χ4n) is 1.43. The van der Waals surface area contributed by atoms with Gasteiger partial charge in [0.05, 0.1) is 5.69 Å². The standard InChI is InChI=1S/C10H12ClN3/c1-6(12)8-3-4-14-9(5-8)13-7(2)10(14)11/h3-6H,12H2,1-2H3. The molecule has 2 N–H and O–H groups in total. The van der Waals surface area contributed by atoms with Gasteiger partial charge in [0.2, 0.25) is 0 Å². The van der Waals surface area contributed by atoms with Crippen LogP contribution in [-0.2, 0) is 0 Å². The molecule has 3 nitrogen and oxygen atoms in total. The van der Waals surface area contributed by atoms with Gasteiger partial charge in [-0.05, 0) is 31.5 Å². The van der Waals surface area contributed by atoms with E-state index in [1.807, 2.05) is 36.6 Å². The number of halogens is 1. The van der Waals surface area contributed by atoms with Crippen LogP contribution in [0.3, 0.4) is 0 Å². The van der Waals surface area contributed by atoms with Crippen molar-refractivity contribution in [3.05, 3.63) is 34.7 Å². The number of imidazole rings is 1. The third kappa shape index (κ3) is 1.38. The maximum Gasteiger partial charge on any atom is 0.138 e. The highest BCUT2D eigenvalue weighted by atomic mass is 35.5. The van der Waals surface area contributed by atoms with Crippen LogP contribution in [-0.4, -0.2) is 9.38 Å². The van der Waals surface area contributed by atoms with Crippen LogP contribution in [0.4, 0.5) is 0 Å². The molecule has 0 saturated carbocycles. The fourth-order valence-corrected chi connectivity index (χ4v) is 1.62. The molecule has 0 aliphatic heterocycles. The van der Waals surface area contributed by atoms with Crippen molar-refractivity contribution in [2.24, 2.45) is 5.73 Å². The molecule has 0 fully saturated rings. The van der Waals surface area contributed by atoms with E-state index in [9.17, 15) is 0 Å². The summed E-state index contributed by atoms with van der Waals surface area (Å²) in [5.74, 6) is 0. The second kappa shape index (κ2) is 3.26. The van der Waals surface area contributed by atoms with Gasteiger partial charge in [-0.2, -0.15) is 0 Å². The number of nitrogens with zero attached hydrogens (tertiary/aromatic N) is 2. The Morgan fingerprint density at radius 3 is 2.93 bits per heavy atom. The second-order valence-electron chi connectivity index (χ2n) is 3.46. The van der Waals surface area contributed by atoms with Gasteiger partial charge in [-0.25, -0.2) is 4.98 Å². The van der Waals surface area contributed by atoms with Crippen LogP contribution < -0.4 is 5.73 Å². The average Bonchev–Trinajstić information content (AvgIpc) is 2.42. The van der Waals surface area contributed by atoms with Crippen molar-refractivity contribution in [1.82, 2.24) is 9.38 Å². The number of hydrogen-bond acceptors (Lipinski definition) is 2. The highest BCUT2D eigenvalue weighted by molar-refractivity contribution is 6.30. The zero-order valence-electron chi connectivity index (χ0n) is 8.16. The Kier molecular flexibility index (Phi) is 2.21. The van der Waals surface area contributed by atoms with Crippen LogP contribution in [0.25, 0.3) is 5.65 Å². The van der Waals surface area contributed by atoms with Gasteiger partial charge in [-0.3, -0.25) is 4.40 Å².